The van der Waals surface area contributed by atoms with Gasteiger partial charge < -0.3 is 10.8 Å². The van der Waals surface area contributed by atoms with Crippen LogP contribution in [0.15, 0.2) is 41.5 Å². The predicted molar refractivity (Wildman–Crippen MR) is 99.5 cm³/mol. The number of aromatic hydroxyl groups is 1. The second-order valence-corrected chi connectivity index (χ2v) is 6.55. The molecular weight excluding hydrogens is 496 g/mol. The Morgan fingerprint density at radius 2 is 1.90 bits per heavy atom. The van der Waals surface area contributed by atoms with Gasteiger partial charge in [0.2, 0.25) is 0 Å². The molecule has 108 valence electrons. The van der Waals surface area contributed by atoms with Gasteiger partial charge in [-0.3, -0.25) is 4.79 Å². The number of rotatable bonds is 3. The number of benzene rings is 2. The number of carbonyl (C=O) groups is 1. The van der Waals surface area contributed by atoms with Crippen LogP contribution in [0.1, 0.15) is 15.9 Å². The van der Waals surface area contributed by atoms with Crippen LogP contribution in [-0.2, 0) is 0 Å². The topological polar surface area (TPSA) is 87.7 Å². The SMILES string of the molecule is Nc1ccc(C(=O)N/N=C/c2cc(I)cc(I)c2O)cc1. The molecule has 0 radical (unpaired) electrons. The van der Waals surface area contributed by atoms with Crippen LogP contribution in [0.4, 0.5) is 5.69 Å². The van der Waals surface area contributed by atoms with Crippen LogP contribution < -0.4 is 11.2 Å². The average Bonchev–Trinajstić information content (AvgIpc) is 2.44. The first-order chi connectivity index (χ1) is 9.97. The number of hydrogen-bond donors (Lipinski definition) is 3. The molecule has 0 spiro atoms. The van der Waals surface area contributed by atoms with Gasteiger partial charge in [-0.05, 0) is 81.6 Å². The fraction of sp³-hybridized carbons (Fsp3) is 0. The second-order valence-electron chi connectivity index (χ2n) is 4.15. The van der Waals surface area contributed by atoms with E-state index < -0.39 is 0 Å². The summed E-state index contributed by atoms with van der Waals surface area (Å²) in [7, 11) is 0. The van der Waals surface area contributed by atoms with Gasteiger partial charge >= 0.3 is 0 Å². The zero-order valence-corrected chi connectivity index (χ0v) is 15.0. The molecule has 2 aromatic carbocycles. The first kappa shape index (κ1) is 16.0. The maximum Gasteiger partial charge on any atom is 0.271 e. The molecule has 0 saturated carbocycles. The summed E-state index contributed by atoms with van der Waals surface area (Å²) in [6, 6.07) is 10.1. The van der Waals surface area contributed by atoms with E-state index in [0.29, 0.717) is 16.8 Å². The Morgan fingerprint density at radius 3 is 2.57 bits per heavy atom. The minimum absolute atomic E-state index is 0.140. The molecule has 2 aromatic rings. The highest BCUT2D eigenvalue weighted by Crippen LogP contribution is 2.25. The van der Waals surface area contributed by atoms with Crippen LogP contribution in [0.25, 0.3) is 0 Å². The smallest absolute Gasteiger partial charge is 0.271 e. The van der Waals surface area contributed by atoms with Gasteiger partial charge in [0.1, 0.15) is 5.75 Å². The number of nitrogens with zero attached hydrogens (tertiary/aromatic N) is 1. The van der Waals surface area contributed by atoms with Crippen molar-refractivity contribution >= 4 is 63.0 Å². The number of nitrogen functional groups attached to an aromatic ring is 1. The van der Waals surface area contributed by atoms with Crippen LogP contribution in [0.2, 0.25) is 0 Å². The number of amides is 1. The Kier molecular flexibility index (Phi) is 5.39. The summed E-state index contributed by atoms with van der Waals surface area (Å²) >= 11 is 4.19. The molecule has 0 saturated heterocycles. The Morgan fingerprint density at radius 1 is 1.24 bits per heavy atom. The van der Waals surface area contributed by atoms with Gasteiger partial charge in [0.05, 0.1) is 9.78 Å². The van der Waals surface area contributed by atoms with E-state index in [2.05, 4.69) is 33.1 Å². The highest BCUT2D eigenvalue weighted by atomic mass is 127. The summed E-state index contributed by atoms with van der Waals surface area (Å²) in [6.45, 7) is 0. The maximum absolute atomic E-state index is 11.8. The lowest BCUT2D eigenvalue weighted by Crippen LogP contribution is -2.17. The Labute approximate surface area is 148 Å². The number of nitrogens with two attached hydrogens (primary N) is 1. The lowest BCUT2D eigenvalue weighted by atomic mass is 10.2. The number of anilines is 1. The van der Waals surface area contributed by atoms with Gasteiger partial charge in [-0.15, -0.1) is 0 Å². The van der Waals surface area contributed by atoms with Gasteiger partial charge in [-0.1, -0.05) is 0 Å². The molecule has 0 bridgehead atoms. The molecule has 4 N–H and O–H groups in total. The summed E-state index contributed by atoms with van der Waals surface area (Å²) in [6.07, 6.45) is 1.41. The highest BCUT2D eigenvalue weighted by Gasteiger charge is 2.06. The number of phenols is 1. The third-order valence-electron chi connectivity index (χ3n) is 2.60. The monoisotopic (exact) mass is 507 g/mol. The summed E-state index contributed by atoms with van der Waals surface area (Å²) in [5.41, 5.74) is 9.56. The van der Waals surface area contributed by atoms with E-state index in [0.717, 1.165) is 7.14 Å². The average molecular weight is 507 g/mol. The Bertz CT molecular complexity index is 700. The van der Waals surface area contributed by atoms with Crippen molar-refractivity contribution in [3.8, 4) is 5.75 Å². The van der Waals surface area contributed by atoms with Crippen molar-refractivity contribution in [3.05, 3.63) is 54.7 Å². The molecule has 7 heteroatoms. The molecule has 0 unspecified atom stereocenters. The van der Waals surface area contributed by atoms with E-state index in [1.807, 2.05) is 28.7 Å². The molecule has 0 aliphatic carbocycles. The second kappa shape index (κ2) is 7.07. The first-order valence-corrected chi connectivity index (χ1v) is 8.00. The molecule has 0 fully saturated rings. The predicted octanol–water partition coefficient (Wildman–Crippen LogP) is 2.95. The first-order valence-electron chi connectivity index (χ1n) is 5.84. The highest BCUT2D eigenvalue weighted by molar-refractivity contribution is 14.1. The summed E-state index contributed by atoms with van der Waals surface area (Å²) < 4.78 is 1.70. The zero-order chi connectivity index (χ0) is 15.4. The van der Waals surface area contributed by atoms with Crippen molar-refractivity contribution < 1.29 is 9.90 Å². The van der Waals surface area contributed by atoms with E-state index in [4.69, 9.17) is 5.73 Å². The summed E-state index contributed by atoms with van der Waals surface area (Å²) in [4.78, 5) is 11.8. The minimum atomic E-state index is -0.342. The molecule has 5 nitrogen and oxygen atoms in total. The van der Waals surface area contributed by atoms with Crippen molar-refractivity contribution in [3.63, 3.8) is 0 Å². The summed E-state index contributed by atoms with van der Waals surface area (Å²) in [5.74, 6) is -0.201. The summed E-state index contributed by atoms with van der Waals surface area (Å²) in [5, 5.41) is 13.8. The lowest BCUT2D eigenvalue weighted by molar-refractivity contribution is 0.0955. The van der Waals surface area contributed by atoms with Gasteiger partial charge in [-0.25, -0.2) is 5.43 Å². The van der Waals surface area contributed by atoms with E-state index in [1.165, 1.54) is 6.21 Å². The third kappa shape index (κ3) is 4.30. The standard InChI is InChI=1S/C14H11I2N3O2/c15-10-5-9(13(20)12(16)6-10)7-18-19-14(21)8-1-3-11(17)4-2-8/h1-7,20H,17H2,(H,19,21)/b18-7+. The zero-order valence-electron chi connectivity index (χ0n) is 10.7. The van der Waals surface area contributed by atoms with E-state index in [1.54, 1.807) is 30.3 Å². The van der Waals surface area contributed by atoms with Crippen LogP contribution in [0.5, 0.6) is 5.75 Å². The van der Waals surface area contributed by atoms with E-state index in [9.17, 15) is 9.90 Å². The van der Waals surface area contributed by atoms with Crippen LogP contribution in [0, 0.1) is 7.14 Å². The van der Waals surface area contributed by atoms with Crippen molar-refractivity contribution in [1.82, 2.24) is 5.43 Å². The van der Waals surface area contributed by atoms with E-state index in [-0.39, 0.29) is 11.7 Å². The molecule has 0 aromatic heterocycles. The van der Waals surface area contributed by atoms with Crippen molar-refractivity contribution in [2.45, 2.75) is 0 Å². The molecule has 0 atom stereocenters. The number of hydrogen-bond acceptors (Lipinski definition) is 4. The van der Waals surface area contributed by atoms with Crippen molar-refractivity contribution in [1.29, 1.82) is 0 Å². The van der Waals surface area contributed by atoms with Gasteiger partial charge in [0.15, 0.2) is 0 Å². The van der Waals surface area contributed by atoms with E-state index >= 15 is 0 Å². The van der Waals surface area contributed by atoms with Gasteiger partial charge in [0.25, 0.3) is 5.91 Å². The van der Waals surface area contributed by atoms with Crippen molar-refractivity contribution in [2.75, 3.05) is 5.73 Å². The van der Waals surface area contributed by atoms with Gasteiger partial charge in [0, 0.05) is 20.4 Å². The van der Waals surface area contributed by atoms with Crippen LogP contribution in [0.3, 0.4) is 0 Å². The van der Waals surface area contributed by atoms with Gasteiger partial charge in [-0.2, -0.15) is 5.10 Å². The molecule has 2 rings (SSSR count). The lowest BCUT2D eigenvalue weighted by Gasteiger charge is -2.03. The van der Waals surface area contributed by atoms with Crippen LogP contribution >= 0.6 is 45.2 Å². The number of hydrazone groups is 1. The number of phenolic OH excluding ortho intramolecular Hbond substituents is 1. The number of halogens is 2. The number of carbonyl (C=O) groups excluding carboxylic acids is 1. The largest absolute Gasteiger partial charge is 0.506 e. The number of nitrogens with one attached hydrogen (secondary N) is 1. The van der Waals surface area contributed by atoms with Crippen molar-refractivity contribution in [2.24, 2.45) is 5.10 Å². The Hall–Kier alpha value is -1.36. The third-order valence-corrected chi connectivity index (χ3v) is 4.05. The Balaban J connectivity index is 2.09. The molecule has 0 aliphatic heterocycles. The fourth-order valence-electron chi connectivity index (χ4n) is 1.54. The quantitative estimate of drug-likeness (QED) is 0.259. The molecule has 0 heterocycles. The molecular formula is C14H11I2N3O2. The normalized spacial score (nSPS) is 10.8. The molecule has 21 heavy (non-hydrogen) atoms. The van der Waals surface area contributed by atoms with Crippen LogP contribution in [-0.4, -0.2) is 17.2 Å². The molecule has 0 aliphatic rings. The maximum atomic E-state index is 11.8. The fourth-order valence-corrected chi connectivity index (χ4v) is 3.43. The molecule has 1 amide bonds. The minimum Gasteiger partial charge on any atom is -0.506 e.